The number of carbonyl (C=O) groups is 2. The van der Waals surface area contributed by atoms with Gasteiger partial charge in [-0.3, -0.25) is 9.59 Å². The Morgan fingerprint density at radius 1 is 1.48 bits per heavy atom. The Bertz CT molecular complexity index is 384. The summed E-state index contributed by atoms with van der Waals surface area (Å²) in [6.45, 7) is 7.94. The number of aliphatic hydroxyl groups is 1. The molecule has 4 N–H and O–H groups in total. The van der Waals surface area contributed by atoms with E-state index in [1.165, 1.54) is 0 Å². The lowest BCUT2D eigenvalue weighted by atomic mass is 10.0. The second-order valence-corrected chi connectivity index (χ2v) is 6.44. The third-order valence-electron chi connectivity index (χ3n) is 3.47. The van der Waals surface area contributed by atoms with Gasteiger partial charge in [-0.25, -0.2) is 0 Å². The van der Waals surface area contributed by atoms with Crippen molar-refractivity contribution in [3.05, 3.63) is 0 Å². The summed E-state index contributed by atoms with van der Waals surface area (Å²) in [6, 6.07) is -0.621. The van der Waals surface area contributed by atoms with Gasteiger partial charge in [0.1, 0.15) is 0 Å². The van der Waals surface area contributed by atoms with Crippen LogP contribution in [0.1, 0.15) is 27.7 Å². The molecule has 21 heavy (non-hydrogen) atoms. The van der Waals surface area contributed by atoms with Gasteiger partial charge in [-0.15, -0.1) is 0 Å². The summed E-state index contributed by atoms with van der Waals surface area (Å²) in [7, 11) is 0. The molecule has 0 aromatic heterocycles. The Labute approximate surface area is 125 Å². The molecular weight excluding hydrogens is 274 g/mol. The van der Waals surface area contributed by atoms with Crippen LogP contribution in [0.2, 0.25) is 0 Å². The van der Waals surface area contributed by atoms with Gasteiger partial charge in [0.05, 0.1) is 30.9 Å². The van der Waals surface area contributed by atoms with Crippen LogP contribution in [-0.2, 0) is 14.3 Å². The van der Waals surface area contributed by atoms with Crippen LogP contribution in [0.4, 0.5) is 0 Å². The number of rotatable bonds is 5. The first-order chi connectivity index (χ1) is 9.66. The van der Waals surface area contributed by atoms with Gasteiger partial charge >= 0.3 is 0 Å². The highest BCUT2D eigenvalue weighted by Crippen LogP contribution is 2.20. The van der Waals surface area contributed by atoms with E-state index < -0.39 is 17.7 Å². The minimum atomic E-state index is -0.621. The number of carbonyl (C=O) groups excluding carboxylic acids is 2. The third-order valence-corrected chi connectivity index (χ3v) is 3.47. The minimum Gasteiger partial charge on any atom is -0.394 e. The molecule has 0 aromatic carbocycles. The topological polar surface area (TPSA) is 105 Å². The molecule has 1 aliphatic rings. The van der Waals surface area contributed by atoms with Crippen molar-refractivity contribution in [3.63, 3.8) is 0 Å². The normalized spacial score (nSPS) is 23.0. The van der Waals surface area contributed by atoms with Crippen molar-refractivity contribution < 1.29 is 19.4 Å². The average molecular weight is 301 g/mol. The van der Waals surface area contributed by atoms with E-state index in [0.717, 1.165) is 0 Å². The van der Waals surface area contributed by atoms with Crippen LogP contribution >= 0.6 is 0 Å². The third kappa shape index (κ3) is 5.26. The summed E-state index contributed by atoms with van der Waals surface area (Å²) >= 11 is 0. The first-order valence-electron chi connectivity index (χ1n) is 7.26. The zero-order valence-corrected chi connectivity index (χ0v) is 13.3. The number of amides is 2. The Morgan fingerprint density at radius 2 is 2.10 bits per heavy atom. The van der Waals surface area contributed by atoms with Gasteiger partial charge in [0.25, 0.3) is 0 Å². The number of hydrogen-bond donors (Lipinski definition) is 3. The van der Waals surface area contributed by atoms with Crippen molar-refractivity contribution in [3.8, 4) is 0 Å². The number of morpholine rings is 1. The largest absolute Gasteiger partial charge is 0.394 e. The molecule has 0 bridgehead atoms. The Kier molecular flexibility index (Phi) is 6.12. The summed E-state index contributed by atoms with van der Waals surface area (Å²) in [4.78, 5) is 25.5. The van der Waals surface area contributed by atoms with Crippen molar-refractivity contribution in [2.75, 3.05) is 26.2 Å². The second-order valence-electron chi connectivity index (χ2n) is 6.44. The van der Waals surface area contributed by atoms with Crippen LogP contribution < -0.4 is 11.1 Å². The highest BCUT2D eigenvalue weighted by Gasteiger charge is 2.35. The van der Waals surface area contributed by atoms with Crippen molar-refractivity contribution in [2.24, 2.45) is 11.7 Å². The first-order valence-corrected chi connectivity index (χ1v) is 7.26. The lowest BCUT2D eigenvalue weighted by Gasteiger charge is -2.42. The fourth-order valence-electron chi connectivity index (χ4n) is 2.28. The van der Waals surface area contributed by atoms with Crippen LogP contribution in [0.5, 0.6) is 0 Å². The summed E-state index contributed by atoms with van der Waals surface area (Å²) in [6.07, 6.45) is -0.397. The van der Waals surface area contributed by atoms with Gasteiger partial charge in [0, 0.05) is 13.1 Å². The zero-order chi connectivity index (χ0) is 16.2. The molecule has 1 rings (SSSR count). The predicted octanol–water partition coefficient (Wildman–Crippen LogP) is -0.916. The molecule has 1 unspecified atom stereocenters. The SMILES string of the molecule is CC(C)[C@H](N)C(=O)NCC(=O)N1CC(CO)OC(C)(C)C1. The summed E-state index contributed by atoms with van der Waals surface area (Å²) in [5, 5.41) is 11.8. The Morgan fingerprint density at radius 3 is 2.62 bits per heavy atom. The predicted molar refractivity (Wildman–Crippen MR) is 78.4 cm³/mol. The monoisotopic (exact) mass is 301 g/mol. The van der Waals surface area contributed by atoms with E-state index in [2.05, 4.69) is 5.32 Å². The van der Waals surface area contributed by atoms with Crippen LogP contribution in [-0.4, -0.2) is 65.8 Å². The molecule has 122 valence electrons. The van der Waals surface area contributed by atoms with E-state index in [4.69, 9.17) is 10.5 Å². The van der Waals surface area contributed by atoms with Crippen molar-refractivity contribution in [2.45, 2.75) is 45.4 Å². The fraction of sp³-hybridized carbons (Fsp3) is 0.857. The molecule has 2 amide bonds. The lowest BCUT2D eigenvalue weighted by molar-refractivity contribution is -0.166. The molecule has 7 nitrogen and oxygen atoms in total. The molecule has 7 heteroatoms. The van der Waals surface area contributed by atoms with E-state index in [1.807, 2.05) is 27.7 Å². The molecule has 0 spiro atoms. The number of nitrogens with two attached hydrogens (primary N) is 1. The molecular formula is C14H27N3O4. The maximum atomic E-state index is 12.2. The molecule has 1 aliphatic heterocycles. The summed E-state index contributed by atoms with van der Waals surface area (Å²) in [5.41, 5.74) is 5.21. The molecule has 0 aliphatic carbocycles. The van der Waals surface area contributed by atoms with E-state index in [0.29, 0.717) is 13.1 Å². The second kappa shape index (κ2) is 7.20. The number of aliphatic hydroxyl groups excluding tert-OH is 1. The quantitative estimate of drug-likeness (QED) is 0.609. The fourth-order valence-corrected chi connectivity index (χ4v) is 2.28. The first kappa shape index (κ1) is 17.9. The minimum absolute atomic E-state index is 0.0150. The van der Waals surface area contributed by atoms with Crippen LogP contribution in [0.25, 0.3) is 0 Å². The molecule has 0 radical (unpaired) electrons. The van der Waals surface area contributed by atoms with Gasteiger partial charge in [0.15, 0.2) is 0 Å². The smallest absolute Gasteiger partial charge is 0.242 e. The van der Waals surface area contributed by atoms with E-state index in [1.54, 1.807) is 4.90 Å². The zero-order valence-electron chi connectivity index (χ0n) is 13.3. The van der Waals surface area contributed by atoms with Crippen LogP contribution in [0.3, 0.4) is 0 Å². The van der Waals surface area contributed by atoms with Crippen molar-refractivity contribution in [1.29, 1.82) is 0 Å². The van der Waals surface area contributed by atoms with Crippen LogP contribution in [0.15, 0.2) is 0 Å². The molecule has 0 aromatic rings. The highest BCUT2D eigenvalue weighted by molar-refractivity contribution is 5.87. The van der Waals surface area contributed by atoms with Crippen molar-refractivity contribution in [1.82, 2.24) is 10.2 Å². The number of hydrogen-bond acceptors (Lipinski definition) is 5. The average Bonchev–Trinajstić information content (AvgIpc) is 2.41. The van der Waals surface area contributed by atoms with Gasteiger partial charge in [0.2, 0.25) is 11.8 Å². The summed E-state index contributed by atoms with van der Waals surface area (Å²) < 4.78 is 5.65. The van der Waals surface area contributed by atoms with Gasteiger partial charge in [-0.1, -0.05) is 13.8 Å². The highest BCUT2D eigenvalue weighted by atomic mass is 16.5. The maximum Gasteiger partial charge on any atom is 0.242 e. The van der Waals surface area contributed by atoms with E-state index >= 15 is 0 Å². The Hall–Kier alpha value is -1.18. The molecule has 2 atom stereocenters. The standard InChI is InChI=1S/C14H27N3O4/c1-9(2)12(15)13(20)16-5-11(19)17-6-10(7-18)21-14(3,4)8-17/h9-10,12,18H,5-8,15H2,1-4H3,(H,16,20)/t10?,12-/m0/s1. The Balaban J connectivity index is 2.53. The van der Waals surface area contributed by atoms with E-state index in [-0.39, 0.29) is 30.9 Å². The van der Waals surface area contributed by atoms with Crippen molar-refractivity contribution >= 4 is 11.8 Å². The van der Waals surface area contributed by atoms with E-state index in [9.17, 15) is 14.7 Å². The maximum absolute atomic E-state index is 12.2. The molecule has 0 saturated carbocycles. The number of ether oxygens (including phenoxy) is 1. The molecule has 1 heterocycles. The van der Waals surface area contributed by atoms with Crippen LogP contribution in [0, 0.1) is 5.92 Å². The number of nitrogens with one attached hydrogen (secondary N) is 1. The van der Waals surface area contributed by atoms with Gasteiger partial charge in [-0.05, 0) is 19.8 Å². The molecule has 1 saturated heterocycles. The molecule has 1 fully saturated rings. The van der Waals surface area contributed by atoms with Gasteiger partial charge < -0.3 is 25.8 Å². The lowest BCUT2D eigenvalue weighted by Crippen LogP contribution is -2.57. The summed E-state index contributed by atoms with van der Waals surface area (Å²) in [5.74, 6) is -0.514. The number of nitrogens with zero attached hydrogens (tertiary/aromatic N) is 1. The van der Waals surface area contributed by atoms with Gasteiger partial charge in [-0.2, -0.15) is 0 Å².